The summed E-state index contributed by atoms with van der Waals surface area (Å²) in [5.74, 6) is 0. The fraction of sp³-hybridized carbons (Fsp3) is 0.333. The Labute approximate surface area is 80.0 Å². The number of rotatable bonds is 4. The van der Waals surface area contributed by atoms with E-state index >= 15 is 0 Å². The topological polar surface area (TPSA) is 9.23 Å². The van der Waals surface area contributed by atoms with Gasteiger partial charge < -0.3 is 4.74 Å². The van der Waals surface area contributed by atoms with Gasteiger partial charge in [-0.3, -0.25) is 0 Å². The van der Waals surface area contributed by atoms with Crippen molar-refractivity contribution in [1.82, 2.24) is 0 Å². The molecule has 0 aliphatic carbocycles. The molecule has 0 amide bonds. The van der Waals surface area contributed by atoms with Crippen molar-refractivity contribution in [3.63, 3.8) is 0 Å². The summed E-state index contributed by atoms with van der Waals surface area (Å²) in [4.78, 5) is 0. The average molecular weight is 176 g/mol. The molecule has 0 heterocycles. The Morgan fingerprint density at radius 1 is 1.31 bits per heavy atom. The second kappa shape index (κ2) is 5.55. The van der Waals surface area contributed by atoms with Crippen LogP contribution in [0.3, 0.4) is 0 Å². The summed E-state index contributed by atoms with van der Waals surface area (Å²) in [5.41, 5.74) is 2.50. The first-order valence-electron chi connectivity index (χ1n) is 4.56. The Balaban J connectivity index is 2.28. The second-order valence-electron chi connectivity index (χ2n) is 3.11. The van der Waals surface area contributed by atoms with Crippen molar-refractivity contribution in [2.45, 2.75) is 20.5 Å². The maximum absolute atomic E-state index is 5.50. The molecule has 0 aliphatic heterocycles. The van der Waals surface area contributed by atoms with Crippen molar-refractivity contribution in [3.8, 4) is 0 Å². The molecule has 0 fully saturated rings. The van der Waals surface area contributed by atoms with Crippen molar-refractivity contribution in [1.29, 1.82) is 0 Å². The molecule has 0 spiro atoms. The summed E-state index contributed by atoms with van der Waals surface area (Å²) in [5, 5.41) is 0. The first kappa shape index (κ1) is 10.0. The van der Waals surface area contributed by atoms with Gasteiger partial charge in [-0.25, -0.2) is 0 Å². The standard InChI is InChI=1S/C12H16O/c1-3-11(2)9-13-10-12-7-5-4-6-8-12/h3-8H,9-10H2,1-2H3/b11-3+. The third-order valence-corrected chi connectivity index (χ3v) is 1.93. The van der Waals surface area contributed by atoms with E-state index in [9.17, 15) is 0 Å². The molecular formula is C12H16O. The Kier molecular flexibility index (Phi) is 4.27. The molecule has 1 aromatic carbocycles. The van der Waals surface area contributed by atoms with E-state index in [4.69, 9.17) is 4.74 Å². The van der Waals surface area contributed by atoms with Gasteiger partial charge in [0.15, 0.2) is 0 Å². The summed E-state index contributed by atoms with van der Waals surface area (Å²) in [6.45, 7) is 5.53. The molecule has 0 saturated heterocycles. The molecule has 1 nitrogen and oxygen atoms in total. The van der Waals surface area contributed by atoms with Crippen LogP contribution < -0.4 is 0 Å². The largest absolute Gasteiger partial charge is 0.372 e. The summed E-state index contributed by atoms with van der Waals surface area (Å²) in [7, 11) is 0. The highest BCUT2D eigenvalue weighted by Crippen LogP contribution is 2.02. The van der Waals surface area contributed by atoms with E-state index in [1.807, 2.05) is 25.1 Å². The van der Waals surface area contributed by atoms with Crippen LogP contribution in [0.5, 0.6) is 0 Å². The van der Waals surface area contributed by atoms with Crippen LogP contribution in [0.25, 0.3) is 0 Å². The van der Waals surface area contributed by atoms with Gasteiger partial charge in [-0.1, -0.05) is 42.0 Å². The van der Waals surface area contributed by atoms with Gasteiger partial charge in [-0.15, -0.1) is 0 Å². The van der Waals surface area contributed by atoms with Crippen LogP contribution in [0.15, 0.2) is 42.0 Å². The third kappa shape index (κ3) is 3.90. The minimum Gasteiger partial charge on any atom is -0.372 e. The van der Waals surface area contributed by atoms with Crippen molar-refractivity contribution in [2.75, 3.05) is 6.61 Å². The van der Waals surface area contributed by atoms with E-state index in [0.29, 0.717) is 6.61 Å². The van der Waals surface area contributed by atoms with Gasteiger partial charge >= 0.3 is 0 Å². The van der Waals surface area contributed by atoms with Gasteiger partial charge in [0.1, 0.15) is 0 Å². The van der Waals surface area contributed by atoms with Gasteiger partial charge in [0, 0.05) is 0 Å². The average Bonchev–Trinajstić information content (AvgIpc) is 2.19. The van der Waals surface area contributed by atoms with Gasteiger partial charge in [0.2, 0.25) is 0 Å². The highest BCUT2D eigenvalue weighted by molar-refractivity contribution is 5.13. The van der Waals surface area contributed by atoms with Gasteiger partial charge in [-0.05, 0) is 19.4 Å². The predicted molar refractivity (Wildman–Crippen MR) is 55.5 cm³/mol. The molecule has 70 valence electrons. The minimum absolute atomic E-state index is 0.700. The van der Waals surface area contributed by atoms with Crippen LogP contribution in [-0.2, 0) is 11.3 Å². The Bertz CT molecular complexity index is 262. The monoisotopic (exact) mass is 176 g/mol. The van der Waals surface area contributed by atoms with E-state index in [-0.39, 0.29) is 0 Å². The molecule has 0 radical (unpaired) electrons. The summed E-state index contributed by atoms with van der Waals surface area (Å²) >= 11 is 0. The van der Waals surface area contributed by atoms with Crippen molar-refractivity contribution in [2.24, 2.45) is 0 Å². The van der Waals surface area contributed by atoms with Gasteiger partial charge in [0.25, 0.3) is 0 Å². The van der Waals surface area contributed by atoms with Crippen LogP contribution in [0.2, 0.25) is 0 Å². The highest BCUT2D eigenvalue weighted by Gasteiger charge is 1.91. The Morgan fingerprint density at radius 3 is 2.62 bits per heavy atom. The molecule has 1 aromatic rings. The minimum atomic E-state index is 0.700. The normalized spacial score (nSPS) is 11.7. The van der Waals surface area contributed by atoms with Crippen molar-refractivity contribution < 1.29 is 4.74 Å². The fourth-order valence-electron chi connectivity index (χ4n) is 0.987. The summed E-state index contributed by atoms with van der Waals surface area (Å²) in [6, 6.07) is 10.2. The van der Waals surface area contributed by atoms with E-state index in [1.54, 1.807) is 0 Å². The zero-order valence-electron chi connectivity index (χ0n) is 8.29. The lowest BCUT2D eigenvalue weighted by Gasteiger charge is -2.03. The lowest BCUT2D eigenvalue weighted by atomic mass is 10.2. The van der Waals surface area contributed by atoms with Gasteiger partial charge in [0.05, 0.1) is 13.2 Å². The van der Waals surface area contributed by atoms with E-state index in [0.717, 1.165) is 6.61 Å². The van der Waals surface area contributed by atoms with E-state index < -0.39 is 0 Å². The molecule has 13 heavy (non-hydrogen) atoms. The zero-order chi connectivity index (χ0) is 9.52. The Hall–Kier alpha value is -1.08. The van der Waals surface area contributed by atoms with Crippen LogP contribution in [-0.4, -0.2) is 6.61 Å². The molecule has 0 atom stereocenters. The maximum atomic E-state index is 5.50. The molecule has 0 saturated carbocycles. The van der Waals surface area contributed by atoms with Crippen LogP contribution in [0.4, 0.5) is 0 Å². The van der Waals surface area contributed by atoms with Crippen LogP contribution in [0.1, 0.15) is 19.4 Å². The smallest absolute Gasteiger partial charge is 0.0721 e. The number of allylic oxidation sites excluding steroid dienone is 1. The number of hydrogen-bond acceptors (Lipinski definition) is 1. The molecule has 0 N–H and O–H groups in total. The third-order valence-electron chi connectivity index (χ3n) is 1.93. The first-order valence-corrected chi connectivity index (χ1v) is 4.56. The van der Waals surface area contributed by atoms with E-state index in [1.165, 1.54) is 11.1 Å². The number of hydrogen-bond donors (Lipinski definition) is 0. The predicted octanol–water partition coefficient (Wildman–Crippen LogP) is 3.17. The maximum Gasteiger partial charge on any atom is 0.0721 e. The SMILES string of the molecule is C/C=C(\C)COCc1ccccc1. The molecule has 1 rings (SSSR count). The zero-order valence-corrected chi connectivity index (χ0v) is 8.29. The number of ether oxygens (including phenoxy) is 1. The molecular weight excluding hydrogens is 160 g/mol. The molecule has 0 aromatic heterocycles. The molecule has 0 aliphatic rings. The quantitative estimate of drug-likeness (QED) is 0.640. The number of benzene rings is 1. The molecule has 0 bridgehead atoms. The van der Waals surface area contributed by atoms with Crippen molar-refractivity contribution >= 4 is 0 Å². The van der Waals surface area contributed by atoms with Crippen molar-refractivity contribution in [3.05, 3.63) is 47.5 Å². The molecule has 1 heteroatoms. The lowest BCUT2D eigenvalue weighted by Crippen LogP contribution is -1.95. The van der Waals surface area contributed by atoms with E-state index in [2.05, 4.69) is 25.1 Å². The Morgan fingerprint density at radius 2 is 2.00 bits per heavy atom. The summed E-state index contributed by atoms with van der Waals surface area (Å²) in [6.07, 6.45) is 2.07. The molecule has 0 unspecified atom stereocenters. The summed E-state index contributed by atoms with van der Waals surface area (Å²) < 4.78 is 5.50. The van der Waals surface area contributed by atoms with Gasteiger partial charge in [-0.2, -0.15) is 0 Å². The lowest BCUT2D eigenvalue weighted by molar-refractivity contribution is 0.142. The second-order valence-corrected chi connectivity index (χ2v) is 3.11. The van der Waals surface area contributed by atoms with Crippen LogP contribution in [0, 0.1) is 0 Å². The first-order chi connectivity index (χ1) is 6.33. The highest BCUT2D eigenvalue weighted by atomic mass is 16.5. The fourth-order valence-corrected chi connectivity index (χ4v) is 0.987. The van der Waals surface area contributed by atoms with Crippen LogP contribution >= 0.6 is 0 Å².